The van der Waals surface area contributed by atoms with Crippen LogP contribution in [0.25, 0.3) is 0 Å². The van der Waals surface area contributed by atoms with Crippen LogP contribution in [-0.2, 0) is 13.1 Å². The van der Waals surface area contributed by atoms with E-state index in [1.54, 1.807) is 13.3 Å². The highest BCUT2D eigenvalue weighted by Gasteiger charge is 2.05. The van der Waals surface area contributed by atoms with Gasteiger partial charge in [0.25, 0.3) is 0 Å². The fourth-order valence-electron chi connectivity index (χ4n) is 1.95. The van der Waals surface area contributed by atoms with Crippen LogP contribution >= 0.6 is 0 Å². The molecule has 1 N–H and O–H groups in total. The molecule has 5 heteroatoms. The van der Waals surface area contributed by atoms with E-state index in [4.69, 9.17) is 9.47 Å². The van der Waals surface area contributed by atoms with Crippen molar-refractivity contribution in [1.29, 1.82) is 0 Å². The molecule has 114 valence electrons. The first-order chi connectivity index (χ1) is 9.83. The van der Waals surface area contributed by atoms with Gasteiger partial charge in [-0.05, 0) is 36.2 Å². The van der Waals surface area contributed by atoms with Gasteiger partial charge in [-0.2, -0.15) is 0 Å². The van der Waals surface area contributed by atoms with Crippen LogP contribution in [-0.4, -0.2) is 18.7 Å². The molecule has 0 saturated carbocycles. The van der Waals surface area contributed by atoms with Crippen LogP contribution in [0.4, 0.5) is 0 Å². The SMILES string of the molecule is CCOc1cc(CNCc2cccnc2)ccc1OC.[Cl-]. The molecule has 0 amide bonds. The van der Waals surface area contributed by atoms with Gasteiger partial charge in [0.05, 0.1) is 13.7 Å². The maximum absolute atomic E-state index is 5.57. The lowest BCUT2D eigenvalue weighted by Gasteiger charge is -2.11. The van der Waals surface area contributed by atoms with E-state index < -0.39 is 0 Å². The molecule has 1 heterocycles. The van der Waals surface area contributed by atoms with Crippen molar-refractivity contribution in [2.45, 2.75) is 20.0 Å². The lowest BCUT2D eigenvalue weighted by atomic mass is 10.2. The molecule has 0 aliphatic carbocycles. The fourth-order valence-corrected chi connectivity index (χ4v) is 1.95. The van der Waals surface area contributed by atoms with Gasteiger partial charge in [0, 0.05) is 25.5 Å². The minimum Gasteiger partial charge on any atom is -1.00 e. The second-order valence-corrected chi connectivity index (χ2v) is 4.38. The van der Waals surface area contributed by atoms with Crippen molar-refractivity contribution in [2.24, 2.45) is 0 Å². The van der Waals surface area contributed by atoms with Crippen molar-refractivity contribution in [3.8, 4) is 11.5 Å². The van der Waals surface area contributed by atoms with Gasteiger partial charge in [-0.25, -0.2) is 0 Å². The number of nitrogens with one attached hydrogen (secondary N) is 1. The number of hydrogen-bond acceptors (Lipinski definition) is 4. The summed E-state index contributed by atoms with van der Waals surface area (Å²) in [6.45, 7) is 4.17. The fraction of sp³-hybridized carbons (Fsp3) is 0.312. The first-order valence-corrected chi connectivity index (χ1v) is 6.72. The number of methoxy groups -OCH3 is 1. The van der Waals surface area contributed by atoms with E-state index in [-0.39, 0.29) is 12.4 Å². The summed E-state index contributed by atoms with van der Waals surface area (Å²) in [5.74, 6) is 1.55. The molecule has 0 radical (unpaired) electrons. The Morgan fingerprint density at radius 2 is 1.90 bits per heavy atom. The number of benzene rings is 1. The monoisotopic (exact) mass is 307 g/mol. The average molecular weight is 308 g/mol. The van der Waals surface area contributed by atoms with Gasteiger partial charge >= 0.3 is 0 Å². The molecule has 0 unspecified atom stereocenters. The van der Waals surface area contributed by atoms with Crippen LogP contribution in [0.15, 0.2) is 42.7 Å². The Labute approximate surface area is 131 Å². The highest BCUT2D eigenvalue weighted by molar-refractivity contribution is 5.42. The summed E-state index contributed by atoms with van der Waals surface area (Å²) in [4.78, 5) is 4.09. The topological polar surface area (TPSA) is 43.4 Å². The average Bonchev–Trinajstić information content (AvgIpc) is 2.49. The van der Waals surface area contributed by atoms with Crippen molar-refractivity contribution in [3.05, 3.63) is 53.9 Å². The van der Waals surface area contributed by atoms with Crippen LogP contribution in [0.2, 0.25) is 0 Å². The number of pyridine rings is 1. The van der Waals surface area contributed by atoms with E-state index in [9.17, 15) is 0 Å². The Hall–Kier alpha value is -1.78. The number of aromatic nitrogens is 1. The quantitative estimate of drug-likeness (QED) is 0.768. The lowest BCUT2D eigenvalue weighted by Crippen LogP contribution is -3.00. The summed E-state index contributed by atoms with van der Waals surface area (Å²) >= 11 is 0. The zero-order valence-corrected chi connectivity index (χ0v) is 13.1. The maximum Gasteiger partial charge on any atom is 0.161 e. The second kappa shape index (κ2) is 9.21. The van der Waals surface area contributed by atoms with E-state index >= 15 is 0 Å². The third-order valence-corrected chi connectivity index (χ3v) is 2.91. The Morgan fingerprint density at radius 1 is 1.10 bits per heavy atom. The Morgan fingerprint density at radius 3 is 2.57 bits per heavy atom. The number of rotatable bonds is 7. The molecule has 0 fully saturated rings. The summed E-state index contributed by atoms with van der Waals surface area (Å²) in [6, 6.07) is 9.99. The van der Waals surface area contributed by atoms with E-state index in [2.05, 4.69) is 16.4 Å². The zero-order chi connectivity index (χ0) is 14.2. The first kappa shape index (κ1) is 17.3. The van der Waals surface area contributed by atoms with E-state index in [1.165, 1.54) is 5.56 Å². The third-order valence-electron chi connectivity index (χ3n) is 2.91. The standard InChI is InChI=1S/C16H20N2O2.ClH/c1-3-20-16-9-13(6-7-15(16)19-2)10-18-12-14-5-4-8-17-11-14;/h4-9,11,18H,3,10,12H2,1-2H3;1H/p-1. The molecule has 1 aromatic carbocycles. The van der Waals surface area contributed by atoms with E-state index in [0.29, 0.717) is 6.61 Å². The predicted octanol–water partition coefficient (Wildman–Crippen LogP) is -0.217. The van der Waals surface area contributed by atoms with Crippen molar-refractivity contribution < 1.29 is 21.9 Å². The third kappa shape index (κ3) is 5.25. The number of hydrogen-bond donors (Lipinski definition) is 1. The maximum atomic E-state index is 5.57. The molecule has 0 atom stereocenters. The highest BCUT2D eigenvalue weighted by Crippen LogP contribution is 2.27. The van der Waals surface area contributed by atoms with Gasteiger partial charge in [-0.1, -0.05) is 12.1 Å². The van der Waals surface area contributed by atoms with Crippen LogP contribution in [0.1, 0.15) is 18.1 Å². The van der Waals surface area contributed by atoms with Crippen LogP contribution < -0.4 is 27.2 Å². The molecule has 4 nitrogen and oxygen atoms in total. The molecular formula is C16H20ClN2O2-. The minimum atomic E-state index is 0. The summed E-state index contributed by atoms with van der Waals surface area (Å²) in [5.41, 5.74) is 2.34. The van der Waals surface area contributed by atoms with Gasteiger partial charge < -0.3 is 27.2 Å². The second-order valence-electron chi connectivity index (χ2n) is 4.38. The number of nitrogens with zero attached hydrogens (tertiary/aromatic N) is 1. The zero-order valence-electron chi connectivity index (χ0n) is 12.3. The van der Waals surface area contributed by atoms with Gasteiger partial charge in [0.1, 0.15) is 0 Å². The largest absolute Gasteiger partial charge is 1.00 e. The molecule has 0 aliphatic heterocycles. The normalized spacial score (nSPS) is 9.81. The van der Waals surface area contributed by atoms with Crippen LogP contribution in [0.3, 0.4) is 0 Å². The van der Waals surface area contributed by atoms with Gasteiger partial charge in [-0.3, -0.25) is 4.98 Å². The molecule has 2 rings (SSSR count). The van der Waals surface area contributed by atoms with E-state index in [0.717, 1.165) is 30.2 Å². The van der Waals surface area contributed by atoms with Crippen molar-refractivity contribution in [3.63, 3.8) is 0 Å². The van der Waals surface area contributed by atoms with Gasteiger partial charge in [-0.15, -0.1) is 0 Å². The van der Waals surface area contributed by atoms with Crippen molar-refractivity contribution in [1.82, 2.24) is 10.3 Å². The number of halogens is 1. The smallest absolute Gasteiger partial charge is 0.161 e. The molecule has 0 spiro atoms. The summed E-state index contributed by atoms with van der Waals surface area (Å²) in [5, 5.41) is 3.39. The molecule has 21 heavy (non-hydrogen) atoms. The van der Waals surface area contributed by atoms with Gasteiger partial charge in [0.2, 0.25) is 0 Å². The first-order valence-electron chi connectivity index (χ1n) is 6.72. The summed E-state index contributed by atoms with van der Waals surface area (Å²) in [7, 11) is 1.65. The number of ether oxygens (including phenoxy) is 2. The molecule has 2 aromatic rings. The Balaban J connectivity index is 0.00000220. The predicted molar refractivity (Wildman–Crippen MR) is 78.9 cm³/mol. The Bertz CT molecular complexity index is 535. The molecule has 1 aromatic heterocycles. The Kier molecular flexibility index (Phi) is 7.58. The molecule has 0 bridgehead atoms. The summed E-state index contributed by atoms with van der Waals surface area (Å²) < 4.78 is 10.8. The van der Waals surface area contributed by atoms with Crippen molar-refractivity contribution in [2.75, 3.05) is 13.7 Å². The molecule has 0 aliphatic rings. The van der Waals surface area contributed by atoms with E-state index in [1.807, 2.05) is 37.4 Å². The molecule has 0 saturated heterocycles. The minimum absolute atomic E-state index is 0. The van der Waals surface area contributed by atoms with Crippen LogP contribution in [0.5, 0.6) is 11.5 Å². The van der Waals surface area contributed by atoms with Crippen molar-refractivity contribution >= 4 is 0 Å². The lowest BCUT2D eigenvalue weighted by molar-refractivity contribution is -0.00000496. The molecular weight excluding hydrogens is 288 g/mol. The highest BCUT2D eigenvalue weighted by atomic mass is 35.5. The van der Waals surface area contributed by atoms with Crippen LogP contribution in [0, 0.1) is 0 Å². The summed E-state index contributed by atoms with van der Waals surface area (Å²) in [6.07, 6.45) is 3.65. The van der Waals surface area contributed by atoms with Gasteiger partial charge in [0.15, 0.2) is 11.5 Å².